The number of aromatic hydroxyl groups is 1. The number of amides is 2. The number of phenols is 1. The van der Waals surface area contributed by atoms with Crippen molar-refractivity contribution >= 4 is 53.9 Å². The maximum Gasteiger partial charge on any atom is 0.472 e. The van der Waals surface area contributed by atoms with Gasteiger partial charge >= 0.3 is 19.8 Å². The van der Waals surface area contributed by atoms with Crippen LogP contribution in [0.2, 0.25) is 0 Å². The predicted octanol–water partition coefficient (Wildman–Crippen LogP) is 13.2. The van der Waals surface area contributed by atoms with E-state index < -0.39 is 38.4 Å². The number of benzene rings is 3. The Morgan fingerprint density at radius 3 is 1.81 bits per heavy atom. The Labute approximate surface area is 480 Å². The first kappa shape index (κ1) is 66.5. The maximum absolute atomic E-state index is 14.4. The standard InChI is InChI=1S/C63H95N4O13P/c1-3-5-7-9-11-13-15-17-19-21-23-25-27-29-59(70)76-45-50(79-60(71)30-28-26-24-22-20-18-16-14-12-10-8-6-4-2)46-78-81(74,75)77-40-37-66-62(72)47-35-38-67(39-36-47)63(73)54-44-56(65)55(64)43-53(54)61-51-33-31-48(68)41-57(51)80-58-42-49(69)32-34-52(58)61/h31-34,41-44,47,50,68H,3-30,35-40,45-46,64-65H2,1-2H3,(H,66,72)(H,74,75)/p+1. The van der Waals surface area contributed by atoms with Crippen molar-refractivity contribution in [3.63, 3.8) is 0 Å². The highest BCUT2D eigenvalue weighted by Crippen LogP contribution is 2.45. The lowest BCUT2D eigenvalue weighted by Gasteiger charge is -2.32. The van der Waals surface area contributed by atoms with Crippen LogP contribution in [0, 0.1) is 5.92 Å². The molecule has 450 valence electrons. The van der Waals surface area contributed by atoms with Gasteiger partial charge in [0.25, 0.3) is 5.91 Å². The largest absolute Gasteiger partial charge is 0.508 e. The molecule has 2 unspecified atom stereocenters. The van der Waals surface area contributed by atoms with E-state index in [1.54, 1.807) is 29.2 Å². The third-order valence-electron chi connectivity index (χ3n) is 15.4. The Hall–Kier alpha value is -5.32. The van der Waals surface area contributed by atoms with Gasteiger partial charge in [-0.2, -0.15) is 0 Å². The SMILES string of the molecule is CCCCCCCCCCCCCCCC(=O)OCC(COP(=O)(O)OCCNC(=O)C1CCN(C(=O)c2cc(N)c([NH3+])cc2-c2c3ccc(=O)cc-3oc3cc(O)ccc23)CC1)OC(=O)CCCCCCCCCCCCCCC. The number of phenolic OH excluding ortho intramolecular Hbond substituents is 1. The van der Waals surface area contributed by atoms with Gasteiger partial charge in [-0.15, -0.1) is 0 Å². The van der Waals surface area contributed by atoms with Gasteiger partial charge in [-0.3, -0.25) is 33.0 Å². The molecule has 2 atom stereocenters. The van der Waals surface area contributed by atoms with E-state index in [9.17, 15) is 38.5 Å². The Bertz CT molecular complexity index is 2620. The zero-order valence-electron chi connectivity index (χ0n) is 48.8. The molecule has 2 amide bonds. The van der Waals surface area contributed by atoms with Crippen LogP contribution in [0.4, 0.5) is 11.4 Å². The molecule has 8 N–H and O–H groups in total. The zero-order chi connectivity index (χ0) is 58.2. The first-order valence-electron chi connectivity index (χ1n) is 30.7. The van der Waals surface area contributed by atoms with Crippen molar-refractivity contribution < 1.29 is 62.4 Å². The number of likely N-dealkylation sites (tertiary alicyclic amines) is 1. The highest BCUT2D eigenvalue weighted by Gasteiger charge is 2.32. The van der Waals surface area contributed by atoms with E-state index in [0.29, 0.717) is 70.3 Å². The van der Waals surface area contributed by atoms with Gasteiger partial charge in [0, 0.05) is 84.2 Å². The Morgan fingerprint density at radius 2 is 1.25 bits per heavy atom. The molecule has 2 aromatic rings. The molecule has 3 aliphatic rings. The van der Waals surface area contributed by atoms with Gasteiger partial charge in [-0.05, 0) is 56.0 Å². The number of ether oxygens (including phenoxy) is 2. The van der Waals surface area contributed by atoms with Crippen molar-refractivity contribution in [2.24, 2.45) is 5.92 Å². The van der Waals surface area contributed by atoms with Gasteiger partial charge in [0.2, 0.25) is 5.91 Å². The van der Waals surface area contributed by atoms with E-state index >= 15 is 0 Å². The van der Waals surface area contributed by atoms with Gasteiger partial charge in [0.15, 0.2) is 17.2 Å². The van der Waals surface area contributed by atoms with Crippen molar-refractivity contribution in [2.75, 3.05) is 45.2 Å². The molecule has 17 nitrogen and oxygen atoms in total. The van der Waals surface area contributed by atoms with Crippen molar-refractivity contribution in [2.45, 2.75) is 213 Å². The van der Waals surface area contributed by atoms with E-state index in [-0.39, 0.29) is 74.4 Å². The highest BCUT2D eigenvalue weighted by atomic mass is 31.2. The summed E-state index contributed by atoms with van der Waals surface area (Å²) in [6, 6.07) is 12.3. The number of nitrogens with one attached hydrogen (secondary N) is 1. The van der Waals surface area contributed by atoms with E-state index in [0.717, 1.165) is 38.5 Å². The number of nitrogen functional groups attached to an aromatic ring is 1. The number of piperidine rings is 1. The predicted molar refractivity (Wildman–Crippen MR) is 318 cm³/mol. The molecule has 0 radical (unpaired) electrons. The van der Waals surface area contributed by atoms with Crippen molar-refractivity contribution in [1.82, 2.24) is 10.2 Å². The second kappa shape index (κ2) is 37.0. The Balaban J connectivity index is 1.05. The molecule has 0 bridgehead atoms. The van der Waals surface area contributed by atoms with Gasteiger partial charge < -0.3 is 45.6 Å². The molecule has 18 heteroatoms. The number of nitrogens with zero attached hydrogens (tertiary/aromatic N) is 1. The fourth-order valence-electron chi connectivity index (χ4n) is 10.6. The number of anilines is 1. The summed E-state index contributed by atoms with van der Waals surface area (Å²) >= 11 is 0. The van der Waals surface area contributed by atoms with E-state index in [1.165, 1.54) is 140 Å². The molecule has 1 aliphatic carbocycles. The third kappa shape index (κ3) is 24.2. The van der Waals surface area contributed by atoms with Crippen LogP contribution in [0.3, 0.4) is 0 Å². The molecule has 0 saturated carbocycles. The highest BCUT2D eigenvalue weighted by molar-refractivity contribution is 7.47. The lowest BCUT2D eigenvalue weighted by Crippen LogP contribution is -2.44. The molecule has 0 aromatic heterocycles. The lowest BCUT2D eigenvalue weighted by atomic mass is 9.89. The Morgan fingerprint density at radius 1 is 0.704 bits per heavy atom. The second-order valence-electron chi connectivity index (χ2n) is 22.1. The number of hydrogen-bond donors (Lipinski definition) is 5. The Kier molecular flexibility index (Phi) is 30.4. The maximum atomic E-state index is 14.4. The molecule has 1 saturated heterocycles. The molecule has 2 aromatic carbocycles. The van der Waals surface area contributed by atoms with Gasteiger partial charge in [0.05, 0.1) is 18.9 Å². The van der Waals surface area contributed by atoms with E-state index in [1.807, 2.05) is 0 Å². The minimum atomic E-state index is -4.71. The summed E-state index contributed by atoms with van der Waals surface area (Å²) in [5.41, 5.74) is 13.2. The fraction of sp³-hybridized carbons (Fsp3) is 0.635. The summed E-state index contributed by atoms with van der Waals surface area (Å²) in [5, 5.41) is 13.6. The number of rotatable bonds is 41. The van der Waals surface area contributed by atoms with Crippen molar-refractivity contribution in [3.05, 3.63) is 64.3 Å². The minimum absolute atomic E-state index is 0.0374. The molecule has 81 heavy (non-hydrogen) atoms. The fourth-order valence-corrected chi connectivity index (χ4v) is 11.3. The molecular formula is C63H96N4O13P+. The quantitative estimate of drug-likeness (QED) is 0.00910. The lowest BCUT2D eigenvalue weighted by molar-refractivity contribution is -0.253. The summed E-state index contributed by atoms with van der Waals surface area (Å²) in [4.78, 5) is 78.1. The molecule has 2 aliphatic heterocycles. The average molecular weight is 1150 g/mol. The summed E-state index contributed by atoms with van der Waals surface area (Å²) in [5.74, 6) is -1.81. The number of quaternary nitrogens is 1. The van der Waals surface area contributed by atoms with Gasteiger partial charge in [-0.25, -0.2) is 4.57 Å². The normalized spacial score (nSPS) is 14.0. The van der Waals surface area contributed by atoms with Crippen LogP contribution in [0.5, 0.6) is 5.75 Å². The number of nitrogens with two attached hydrogens (primary N) is 1. The number of phosphoric ester groups is 1. The minimum Gasteiger partial charge on any atom is -0.508 e. The van der Waals surface area contributed by atoms with Crippen LogP contribution < -0.4 is 22.2 Å². The van der Waals surface area contributed by atoms with E-state index in [2.05, 4.69) is 24.9 Å². The number of phosphoric acid groups is 1. The van der Waals surface area contributed by atoms with Crippen LogP contribution in [0.25, 0.3) is 33.4 Å². The third-order valence-corrected chi connectivity index (χ3v) is 16.4. The number of carbonyl (C=O) groups excluding carboxylic acids is 4. The van der Waals surface area contributed by atoms with Crippen LogP contribution in [-0.4, -0.2) is 84.2 Å². The van der Waals surface area contributed by atoms with Crippen LogP contribution in [0.15, 0.2) is 57.7 Å². The van der Waals surface area contributed by atoms with E-state index in [4.69, 9.17) is 28.7 Å². The molecular weight excluding hydrogens is 1050 g/mol. The van der Waals surface area contributed by atoms with Crippen molar-refractivity contribution in [3.8, 4) is 28.2 Å². The first-order valence-corrected chi connectivity index (χ1v) is 32.2. The number of unbranched alkanes of at least 4 members (excludes halogenated alkanes) is 24. The van der Waals surface area contributed by atoms with Gasteiger partial charge in [-0.1, -0.05) is 168 Å². The molecule has 0 spiro atoms. The summed E-state index contributed by atoms with van der Waals surface area (Å²) in [6.45, 7) is 3.59. The summed E-state index contributed by atoms with van der Waals surface area (Å²) in [6.07, 6.45) is 30.5. The van der Waals surface area contributed by atoms with Crippen LogP contribution >= 0.6 is 7.82 Å². The number of fused-ring (bicyclic) bond motifs is 2. The smallest absolute Gasteiger partial charge is 0.472 e. The van der Waals surface area contributed by atoms with Crippen LogP contribution in [0.1, 0.15) is 217 Å². The first-order chi connectivity index (χ1) is 39.2. The summed E-state index contributed by atoms with van der Waals surface area (Å²) in [7, 11) is -4.71. The number of carbonyl (C=O) groups is 4. The van der Waals surface area contributed by atoms with Gasteiger partial charge in [0.1, 0.15) is 23.7 Å². The number of hydrogen-bond acceptors (Lipinski definition) is 13. The average Bonchev–Trinajstić information content (AvgIpc) is 3.53. The van der Waals surface area contributed by atoms with Crippen molar-refractivity contribution in [1.29, 1.82) is 0 Å². The zero-order valence-corrected chi connectivity index (χ0v) is 49.7. The number of esters is 2. The topological polar surface area (TPSA) is 262 Å². The summed E-state index contributed by atoms with van der Waals surface area (Å²) < 4.78 is 40.6. The second-order valence-corrected chi connectivity index (χ2v) is 23.6. The molecule has 5 rings (SSSR count). The van der Waals surface area contributed by atoms with Crippen LogP contribution in [-0.2, 0) is 37.5 Å². The molecule has 2 heterocycles. The molecule has 1 fully saturated rings. The monoisotopic (exact) mass is 1150 g/mol.